The average molecular weight is 363 g/mol. The van der Waals surface area contributed by atoms with Crippen LogP contribution in [0.5, 0.6) is 0 Å². The fraction of sp³-hybridized carbons (Fsp3) is 0.429. The molecule has 3 aromatic rings. The van der Waals surface area contributed by atoms with E-state index in [1.165, 1.54) is 32.1 Å². The standard InChI is InChI=1S/C21H25N5O/c1-26(15-19-10-20(25-27-19)18-8-5-9-22-13-18)14-16-11-23-21(24-12-16)17-6-3-2-4-7-17/h5,8-13,17H,2-4,6-7,14-15H2,1H3. The maximum atomic E-state index is 5.48. The first-order valence-electron chi connectivity index (χ1n) is 9.63. The molecule has 1 saturated carbocycles. The molecule has 0 spiro atoms. The lowest BCUT2D eigenvalue weighted by atomic mass is 9.89. The van der Waals surface area contributed by atoms with Gasteiger partial charge in [-0.05, 0) is 32.0 Å². The third-order valence-electron chi connectivity index (χ3n) is 5.09. The predicted molar refractivity (Wildman–Crippen MR) is 103 cm³/mol. The van der Waals surface area contributed by atoms with Gasteiger partial charge in [0.2, 0.25) is 0 Å². The Labute approximate surface area is 159 Å². The monoisotopic (exact) mass is 363 g/mol. The quantitative estimate of drug-likeness (QED) is 0.654. The van der Waals surface area contributed by atoms with Gasteiger partial charge >= 0.3 is 0 Å². The SMILES string of the molecule is CN(Cc1cnc(C2CCCCC2)nc1)Cc1cc(-c2cccnc2)no1. The summed E-state index contributed by atoms with van der Waals surface area (Å²) in [5, 5.41) is 4.14. The second-order valence-corrected chi connectivity index (χ2v) is 7.38. The van der Waals surface area contributed by atoms with Gasteiger partial charge in [-0.15, -0.1) is 0 Å². The second-order valence-electron chi connectivity index (χ2n) is 7.38. The zero-order chi connectivity index (χ0) is 18.5. The Morgan fingerprint density at radius 3 is 2.63 bits per heavy atom. The molecule has 0 radical (unpaired) electrons. The van der Waals surface area contributed by atoms with E-state index in [4.69, 9.17) is 4.52 Å². The molecular formula is C21H25N5O. The fourth-order valence-electron chi connectivity index (χ4n) is 3.69. The summed E-state index contributed by atoms with van der Waals surface area (Å²) in [6.45, 7) is 1.45. The molecule has 0 unspecified atom stereocenters. The van der Waals surface area contributed by atoms with Gasteiger partial charge in [0.05, 0.1) is 6.54 Å². The Balaban J connectivity index is 1.34. The summed E-state index contributed by atoms with van der Waals surface area (Å²) >= 11 is 0. The summed E-state index contributed by atoms with van der Waals surface area (Å²) in [5.74, 6) is 2.39. The number of hydrogen-bond donors (Lipinski definition) is 0. The van der Waals surface area contributed by atoms with Crippen molar-refractivity contribution in [3.8, 4) is 11.3 Å². The molecule has 0 saturated heterocycles. The van der Waals surface area contributed by atoms with E-state index in [-0.39, 0.29) is 0 Å². The molecule has 0 aromatic carbocycles. The van der Waals surface area contributed by atoms with Crippen molar-refractivity contribution >= 4 is 0 Å². The van der Waals surface area contributed by atoms with Gasteiger partial charge in [-0.2, -0.15) is 0 Å². The molecule has 0 atom stereocenters. The van der Waals surface area contributed by atoms with Gasteiger partial charge in [-0.25, -0.2) is 9.97 Å². The number of nitrogens with zero attached hydrogens (tertiary/aromatic N) is 5. The van der Waals surface area contributed by atoms with Crippen molar-refractivity contribution in [2.24, 2.45) is 0 Å². The summed E-state index contributed by atoms with van der Waals surface area (Å²) in [5.41, 5.74) is 2.89. The van der Waals surface area contributed by atoms with Gasteiger partial charge in [0, 0.05) is 54.4 Å². The summed E-state index contributed by atoms with van der Waals surface area (Å²) in [6.07, 6.45) is 13.9. The van der Waals surface area contributed by atoms with Crippen molar-refractivity contribution in [2.45, 2.75) is 51.1 Å². The zero-order valence-corrected chi connectivity index (χ0v) is 15.7. The minimum atomic E-state index is 0.547. The Bertz CT molecular complexity index is 841. The Kier molecular flexibility index (Phi) is 5.53. The van der Waals surface area contributed by atoms with Crippen molar-refractivity contribution in [3.05, 3.63) is 60.1 Å². The molecule has 0 aliphatic heterocycles. The molecule has 27 heavy (non-hydrogen) atoms. The van der Waals surface area contributed by atoms with E-state index in [0.717, 1.165) is 35.0 Å². The van der Waals surface area contributed by atoms with Gasteiger partial charge in [0.15, 0.2) is 5.76 Å². The van der Waals surface area contributed by atoms with E-state index < -0.39 is 0 Å². The molecule has 140 valence electrons. The molecule has 1 aliphatic rings. The van der Waals surface area contributed by atoms with E-state index in [0.29, 0.717) is 12.5 Å². The van der Waals surface area contributed by atoms with Crippen LogP contribution in [0.4, 0.5) is 0 Å². The Morgan fingerprint density at radius 1 is 1.07 bits per heavy atom. The molecule has 6 nitrogen and oxygen atoms in total. The number of rotatable bonds is 6. The summed E-state index contributed by atoms with van der Waals surface area (Å²) in [4.78, 5) is 15.5. The molecule has 3 aromatic heterocycles. The largest absolute Gasteiger partial charge is 0.359 e. The van der Waals surface area contributed by atoms with Gasteiger partial charge in [0.25, 0.3) is 0 Å². The van der Waals surface area contributed by atoms with Crippen molar-refractivity contribution in [3.63, 3.8) is 0 Å². The van der Waals surface area contributed by atoms with E-state index in [2.05, 4.69) is 32.1 Å². The van der Waals surface area contributed by atoms with Gasteiger partial charge in [-0.3, -0.25) is 9.88 Å². The van der Waals surface area contributed by atoms with Crippen LogP contribution >= 0.6 is 0 Å². The summed E-state index contributed by atoms with van der Waals surface area (Å²) < 4.78 is 5.48. The van der Waals surface area contributed by atoms with Crippen molar-refractivity contribution < 1.29 is 4.52 Å². The highest BCUT2D eigenvalue weighted by Gasteiger charge is 2.18. The molecule has 1 fully saturated rings. The van der Waals surface area contributed by atoms with Gasteiger partial charge in [0.1, 0.15) is 11.5 Å². The Morgan fingerprint density at radius 2 is 1.89 bits per heavy atom. The molecule has 6 heteroatoms. The van der Waals surface area contributed by atoms with Crippen LogP contribution in [0.25, 0.3) is 11.3 Å². The number of aromatic nitrogens is 4. The minimum Gasteiger partial charge on any atom is -0.359 e. The average Bonchev–Trinajstić information content (AvgIpc) is 3.18. The van der Waals surface area contributed by atoms with Gasteiger partial charge in [-0.1, -0.05) is 24.4 Å². The molecular weight excluding hydrogens is 338 g/mol. The zero-order valence-electron chi connectivity index (χ0n) is 15.7. The normalized spacial score (nSPS) is 15.3. The smallest absolute Gasteiger partial charge is 0.151 e. The van der Waals surface area contributed by atoms with E-state index >= 15 is 0 Å². The topological polar surface area (TPSA) is 67.9 Å². The molecule has 1 aliphatic carbocycles. The second kappa shape index (κ2) is 8.39. The van der Waals surface area contributed by atoms with Crippen LogP contribution in [0.2, 0.25) is 0 Å². The third-order valence-corrected chi connectivity index (χ3v) is 5.09. The Hall–Kier alpha value is -2.60. The highest BCUT2D eigenvalue weighted by Crippen LogP contribution is 2.30. The lowest BCUT2D eigenvalue weighted by Crippen LogP contribution is -2.17. The van der Waals surface area contributed by atoms with Crippen LogP contribution in [-0.4, -0.2) is 32.1 Å². The summed E-state index contributed by atoms with van der Waals surface area (Å²) in [7, 11) is 2.06. The molecule has 0 amide bonds. The van der Waals surface area contributed by atoms with Crippen molar-refractivity contribution in [1.82, 2.24) is 25.0 Å². The van der Waals surface area contributed by atoms with Crippen LogP contribution < -0.4 is 0 Å². The number of pyridine rings is 1. The molecule has 4 rings (SSSR count). The fourth-order valence-corrected chi connectivity index (χ4v) is 3.69. The maximum absolute atomic E-state index is 5.48. The first-order chi connectivity index (χ1) is 13.3. The predicted octanol–water partition coefficient (Wildman–Crippen LogP) is 4.21. The molecule has 3 heterocycles. The van der Waals surface area contributed by atoms with Crippen LogP contribution in [0.15, 0.2) is 47.5 Å². The first kappa shape index (κ1) is 17.8. The van der Waals surface area contributed by atoms with Gasteiger partial charge < -0.3 is 4.52 Å². The van der Waals surface area contributed by atoms with Crippen LogP contribution in [0, 0.1) is 0 Å². The highest BCUT2D eigenvalue weighted by atomic mass is 16.5. The molecule has 0 N–H and O–H groups in total. The lowest BCUT2D eigenvalue weighted by molar-refractivity contribution is 0.266. The third kappa shape index (κ3) is 4.57. The highest BCUT2D eigenvalue weighted by molar-refractivity contribution is 5.57. The summed E-state index contributed by atoms with van der Waals surface area (Å²) in [6, 6.07) is 5.84. The van der Waals surface area contributed by atoms with Crippen molar-refractivity contribution in [1.29, 1.82) is 0 Å². The van der Waals surface area contributed by atoms with E-state index in [1.54, 1.807) is 12.4 Å². The number of hydrogen-bond acceptors (Lipinski definition) is 6. The van der Waals surface area contributed by atoms with E-state index in [9.17, 15) is 0 Å². The van der Waals surface area contributed by atoms with E-state index in [1.807, 2.05) is 30.6 Å². The molecule has 0 bridgehead atoms. The van der Waals surface area contributed by atoms with Crippen LogP contribution in [0.1, 0.15) is 55.2 Å². The van der Waals surface area contributed by atoms with Crippen LogP contribution in [-0.2, 0) is 13.1 Å². The maximum Gasteiger partial charge on any atom is 0.151 e. The first-order valence-corrected chi connectivity index (χ1v) is 9.63. The van der Waals surface area contributed by atoms with Crippen LogP contribution in [0.3, 0.4) is 0 Å². The minimum absolute atomic E-state index is 0.547. The van der Waals surface area contributed by atoms with Crippen molar-refractivity contribution in [2.75, 3.05) is 7.05 Å². The lowest BCUT2D eigenvalue weighted by Gasteiger charge is -2.20.